The van der Waals surface area contributed by atoms with Crippen LogP contribution in [-0.4, -0.2) is 55.8 Å². The molecule has 0 saturated carbocycles. The number of hydrogen-bond acceptors (Lipinski definition) is 4. The number of halogens is 2. The van der Waals surface area contributed by atoms with Crippen molar-refractivity contribution in [1.29, 1.82) is 0 Å². The summed E-state index contributed by atoms with van der Waals surface area (Å²) in [6.45, 7) is 3.27. The van der Waals surface area contributed by atoms with E-state index in [2.05, 4.69) is 10.2 Å². The number of nitrogens with one attached hydrogen (secondary N) is 1. The van der Waals surface area contributed by atoms with Gasteiger partial charge in [0.05, 0.1) is 0 Å². The first-order chi connectivity index (χ1) is 15.3. The Morgan fingerprint density at radius 1 is 1.03 bits per heavy atom. The standard InChI is InChI=1S/C23H27ClFN3O3S/c24-19-6-3-17(4-7-19)16-27-13-9-20(10-14-27)26-23(29)18-5-8-21(25)22(15-18)32(30,31)28-11-1-2-12-28/h3-8,15,20H,1-2,9-14,16H2,(H,26,29). The van der Waals surface area contributed by atoms with Crippen LogP contribution in [0, 0.1) is 5.82 Å². The summed E-state index contributed by atoms with van der Waals surface area (Å²) in [4.78, 5) is 14.7. The molecular weight excluding hydrogens is 453 g/mol. The predicted octanol–water partition coefficient (Wildman–Crippen LogP) is 3.66. The minimum absolute atomic E-state index is 0.00680. The molecule has 0 aliphatic carbocycles. The van der Waals surface area contributed by atoms with Crippen molar-refractivity contribution in [3.8, 4) is 0 Å². The molecule has 1 N–H and O–H groups in total. The Labute approximate surface area is 193 Å². The second-order valence-electron chi connectivity index (χ2n) is 8.41. The highest BCUT2D eigenvalue weighted by Crippen LogP contribution is 2.24. The molecule has 0 spiro atoms. The van der Waals surface area contributed by atoms with Gasteiger partial charge in [-0.1, -0.05) is 23.7 Å². The lowest BCUT2D eigenvalue weighted by molar-refractivity contribution is 0.0908. The summed E-state index contributed by atoms with van der Waals surface area (Å²) >= 11 is 5.94. The Morgan fingerprint density at radius 3 is 2.34 bits per heavy atom. The Morgan fingerprint density at radius 2 is 1.69 bits per heavy atom. The molecule has 0 radical (unpaired) electrons. The first kappa shape index (κ1) is 23.2. The van der Waals surface area contributed by atoms with E-state index in [1.807, 2.05) is 24.3 Å². The van der Waals surface area contributed by atoms with Crippen LogP contribution in [-0.2, 0) is 16.6 Å². The Kier molecular flexibility index (Phi) is 7.14. The minimum Gasteiger partial charge on any atom is -0.349 e. The zero-order chi connectivity index (χ0) is 22.7. The zero-order valence-corrected chi connectivity index (χ0v) is 19.3. The molecule has 2 aromatic carbocycles. The molecule has 0 atom stereocenters. The van der Waals surface area contributed by atoms with Crippen LogP contribution in [0.4, 0.5) is 4.39 Å². The quantitative estimate of drug-likeness (QED) is 0.686. The van der Waals surface area contributed by atoms with E-state index in [0.717, 1.165) is 57.5 Å². The first-order valence-corrected chi connectivity index (χ1v) is 12.7. The lowest BCUT2D eigenvalue weighted by Crippen LogP contribution is -2.44. The van der Waals surface area contributed by atoms with Gasteiger partial charge in [0.25, 0.3) is 5.91 Å². The second-order valence-corrected chi connectivity index (χ2v) is 10.7. The van der Waals surface area contributed by atoms with Crippen LogP contribution in [0.3, 0.4) is 0 Å². The Hall–Kier alpha value is -2.00. The maximum Gasteiger partial charge on any atom is 0.251 e. The average molecular weight is 480 g/mol. The molecule has 2 saturated heterocycles. The van der Waals surface area contributed by atoms with Crippen LogP contribution in [0.15, 0.2) is 47.4 Å². The third kappa shape index (κ3) is 5.31. The van der Waals surface area contributed by atoms with Gasteiger partial charge in [-0.3, -0.25) is 9.69 Å². The Balaban J connectivity index is 1.36. The van der Waals surface area contributed by atoms with E-state index in [1.165, 1.54) is 15.9 Å². The normalized spacial score (nSPS) is 18.7. The van der Waals surface area contributed by atoms with Crippen LogP contribution in [0.25, 0.3) is 0 Å². The van der Waals surface area contributed by atoms with E-state index in [-0.39, 0.29) is 17.5 Å². The summed E-state index contributed by atoms with van der Waals surface area (Å²) in [5.74, 6) is -1.21. The van der Waals surface area contributed by atoms with Crippen LogP contribution in [0.5, 0.6) is 0 Å². The molecule has 32 heavy (non-hydrogen) atoms. The second kappa shape index (κ2) is 9.87. The van der Waals surface area contributed by atoms with Gasteiger partial charge in [-0.2, -0.15) is 4.31 Å². The number of benzene rings is 2. The van der Waals surface area contributed by atoms with Gasteiger partial charge < -0.3 is 5.32 Å². The van der Waals surface area contributed by atoms with Gasteiger partial charge in [0.1, 0.15) is 10.7 Å². The molecule has 0 bridgehead atoms. The molecule has 4 rings (SSSR count). The third-order valence-electron chi connectivity index (χ3n) is 6.12. The van der Waals surface area contributed by atoms with Crippen molar-refractivity contribution in [2.45, 2.75) is 43.2 Å². The average Bonchev–Trinajstić information content (AvgIpc) is 3.33. The van der Waals surface area contributed by atoms with Gasteiger partial charge in [-0.15, -0.1) is 0 Å². The fourth-order valence-corrected chi connectivity index (χ4v) is 6.00. The minimum atomic E-state index is -3.93. The molecule has 2 fully saturated rings. The van der Waals surface area contributed by atoms with E-state index in [1.54, 1.807) is 0 Å². The van der Waals surface area contributed by atoms with E-state index in [9.17, 15) is 17.6 Å². The highest BCUT2D eigenvalue weighted by Gasteiger charge is 2.30. The molecule has 2 aliphatic rings. The summed E-state index contributed by atoms with van der Waals surface area (Å²) < 4.78 is 41.1. The molecule has 172 valence electrons. The van der Waals surface area contributed by atoms with Gasteiger partial charge >= 0.3 is 0 Å². The largest absolute Gasteiger partial charge is 0.349 e. The van der Waals surface area contributed by atoms with Crippen molar-refractivity contribution >= 4 is 27.5 Å². The van der Waals surface area contributed by atoms with E-state index in [4.69, 9.17) is 11.6 Å². The van der Waals surface area contributed by atoms with Crippen molar-refractivity contribution in [2.24, 2.45) is 0 Å². The van der Waals surface area contributed by atoms with Gasteiger partial charge in [0.2, 0.25) is 10.0 Å². The smallest absolute Gasteiger partial charge is 0.251 e. The molecule has 0 unspecified atom stereocenters. The summed E-state index contributed by atoms with van der Waals surface area (Å²) in [5, 5.41) is 3.70. The molecule has 0 aromatic heterocycles. The molecule has 2 aromatic rings. The maximum atomic E-state index is 14.3. The monoisotopic (exact) mass is 479 g/mol. The van der Waals surface area contributed by atoms with E-state index in [0.29, 0.717) is 18.1 Å². The molecule has 1 amide bonds. The van der Waals surface area contributed by atoms with Crippen LogP contribution in [0.2, 0.25) is 5.02 Å². The molecule has 2 aliphatic heterocycles. The maximum absolute atomic E-state index is 14.3. The van der Waals surface area contributed by atoms with Crippen molar-refractivity contribution in [3.05, 3.63) is 64.4 Å². The van der Waals surface area contributed by atoms with Crippen molar-refractivity contribution < 1.29 is 17.6 Å². The number of rotatable bonds is 6. The van der Waals surface area contributed by atoms with Gasteiger partial charge in [0, 0.05) is 49.4 Å². The number of amides is 1. The van der Waals surface area contributed by atoms with Crippen molar-refractivity contribution in [3.63, 3.8) is 0 Å². The fraction of sp³-hybridized carbons (Fsp3) is 0.435. The lowest BCUT2D eigenvalue weighted by atomic mass is 10.0. The number of carbonyl (C=O) groups excluding carboxylic acids is 1. The topological polar surface area (TPSA) is 69.7 Å². The summed E-state index contributed by atoms with van der Waals surface area (Å²) in [6.07, 6.45) is 3.11. The highest BCUT2D eigenvalue weighted by atomic mass is 35.5. The third-order valence-corrected chi connectivity index (χ3v) is 8.28. The van der Waals surface area contributed by atoms with Crippen LogP contribution in [0.1, 0.15) is 41.6 Å². The van der Waals surface area contributed by atoms with Gasteiger partial charge in [-0.25, -0.2) is 12.8 Å². The SMILES string of the molecule is O=C(NC1CCN(Cc2ccc(Cl)cc2)CC1)c1ccc(F)c(S(=O)(=O)N2CCCC2)c1. The zero-order valence-electron chi connectivity index (χ0n) is 17.8. The molecule has 2 heterocycles. The van der Waals surface area contributed by atoms with Crippen LogP contribution >= 0.6 is 11.6 Å². The van der Waals surface area contributed by atoms with Crippen molar-refractivity contribution in [1.82, 2.24) is 14.5 Å². The fourth-order valence-electron chi connectivity index (χ4n) is 4.26. The number of carbonyl (C=O) groups is 1. The molecule has 9 heteroatoms. The first-order valence-electron chi connectivity index (χ1n) is 10.9. The van der Waals surface area contributed by atoms with Gasteiger partial charge in [-0.05, 0) is 61.6 Å². The molecule has 6 nitrogen and oxygen atoms in total. The number of nitrogens with zero attached hydrogens (tertiary/aromatic N) is 2. The number of sulfonamides is 1. The van der Waals surface area contributed by atoms with E-state index < -0.39 is 20.7 Å². The number of likely N-dealkylation sites (tertiary alicyclic amines) is 1. The lowest BCUT2D eigenvalue weighted by Gasteiger charge is -2.32. The number of piperidine rings is 1. The summed E-state index contributed by atoms with van der Waals surface area (Å²) in [7, 11) is -3.93. The Bertz CT molecular complexity index is 1060. The highest BCUT2D eigenvalue weighted by molar-refractivity contribution is 7.89. The van der Waals surface area contributed by atoms with Crippen LogP contribution < -0.4 is 5.32 Å². The van der Waals surface area contributed by atoms with E-state index >= 15 is 0 Å². The summed E-state index contributed by atoms with van der Waals surface area (Å²) in [5.41, 5.74) is 1.35. The predicted molar refractivity (Wildman–Crippen MR) is 122 cm³/mol. The number of hydrogen-bond donors (Lipinski definition) is 1. The molecular formula is C23H27ClFN3O3S. The summed E-state index contributed by atoms with van der Waals surface area (Å²) in [6, 6.07) is 11.3. The van der Waals surface area contributed by atoms with Crippen molar-refractivity contribution in [2.75, 3.05) is 26.2 Å². The van der Waals surface area contributed by atoms with Gasteiger partial charge in [0.15, 0.2) is 0 Å².